The van der Waals surface area contributed by atoms with Gasteiger partial charge in [0, 0.05) is 28.5 Å². The van der Waals surface area contributed by atoms with Gasteiger partial charge in [-0.3, -0.25) is 4.40 Å². The van der Waals surface area contributed by atoms with Crippen LogP contribution in [0, 0.1) is 6.92 Å². The summed E-state index contributed by atoms with van der Waals surface area (Å²) in [7, 11) is -3.74. The molecule has 0 atom stereocenters. The minimum absolute atomic E-state index is 0.227. The van der Waals surface area contributed by atoms with Crippen molar-refractivity contribution in [1.82, 2.24) is 13.4 Å². The number of halogens is 1. The number of alkyl halides is 1. The third kappa shape index (κ3) is 2.24. The van der Waals surface area contributed by atoms with E-state index in [0.717, 1.165) is 22.7 Å². The quantitative estimate of drug-likeness (QED) is 0.468. The monoisotopic (exact) mass is 423 g/mol. The van der Waals surface area contributed by atoms with Crippen LogP contribution in [0.3, 0.4) is 0 Å². The van der Waals surface area contributed by atoms with Gasteiger partial charge in [-0.05, 0) is 25.0 Å². The average Bonchev–Trinajstić information content (AvgIpc) is 3.20. The number of aryl methyl sites for hydroxylation is 2. The van der Waals surface area contributed by atoms with Gasteiger partial charge in [-0.15, -0.1) is 11.3 Å². The Balaban J connectivity index is 2.03. The summed E-state index contributed by atoms with van der Waals surface area (Å²) >= 11 is 4.86. The number of hydrogen-bond acceptors (Lipinski definition) is 4. The summed E-state index contributed by atoms with van der Waals surface area (Å²) in [4.78, 5) is 5.05. The van der Waals surface area contributed by atoms with Gasteiger partial charge < -0.3 is 0 Å². The largest absolute Gasteiger partial charge is 0.286 e. The number of para-hydroxylation sites is 1. The maximum Gasteiger partial charge on any atom is 0.286 e. The van der Waals surface area contributed by atoms with E-state index in [4.69, 9.17) is 0 Å². The zero-order valence-corrected chi connectivity index (χ0v) is 16.0. The van der Waals surface area contributed by atoms with Gasteiger partial charge in [0.15, 0.2) is 9.99 Å². The highest BCUT2D eigenvalue weighted by atomic mass is 79.9. The van der Waals surface area contributed by atoms with Crippen LogP contribution in [0.4, 0.5) is 0 Å². The molecule has 0 bridgehead atoms. The van der Waals surface area contributed by atoms with Crippen molar-refractivity contribution in [2.24, 2.45) is 0 Å². The lowest BCUT2D eigenvalue weighted by atomic mass is 10.1. The number of nitrogens with zero attached hydrogens (tertiary/aromatic N) is 3. The minimum atomic E-state index is -3.74. The van der Waals surface area contributed by atoms with E-state index in [0.29, 0.717) is 16.2 Å². The summed E-state index contributed by atoms with van der Waals surface area (Å²) < 4.78 is 29.7. The zero-order chi connectivity index (χ0) is 16.9. The molecule has 0 radical (unpaired) electrons. The Bertz CT molecular complexity index is 1150. The molecule has 0 aliphatic rings. The standard InChI is InChI=1S/C16H14BrN3O2S2/c1-11-15(19-8-9-23-16(19)18-11)24(21,22)20-10-12(6-7-17)13-4-2-3-5-14(13)20/h2-5,8-10H,6-7H2,1H3. The molecule has 0 unspecified atom stereocenters. The van der Waals surface area contributed by atoms with Crippen molar-refractivity contribution >= 4 is 53.2 Å². The van der Waals surface area contributed by atoms with Crippen molar-refractivity contribution in [1.29, 1.82) is 0 Å². The molecule has 0 N–H and O–H groups in total. The third-order valence-electron chi connectivity index (χ3n) is 4.01. The predicted octanol–water partition coefficient (Wildman–Crippen LogP) is 3.83. The van der Waals surface area contributed by atoms with Gasteiger partial charge in [-0.1, -0.05) is 34.1 Å². The third-order valence-corrected chi connectivity index (χ3v) is 6.96. The van der Waals surface area contributed by atoms with Crippen molar-refractivity contribution in [2.45, 2.75) is 18.4 Å². The van der Waals surface area contributed by atoms with Gasteiger partial charge in [0.25, 0.3) is 10.0 Å². The molecule has 0 aliphatic carbocycles. The fraction of sp³-hybridized carbons (Fsp3) is 0.188. The van der Waals surface area contributed by atoms with E-state index < -0.39 is 10.0 Å². The van der Waals surface area contributed by atoms with Crippen LogP contribution in [-0.2, 0) is 16.4 Å². The molecule has 3 aromatic heterocycles. The number of aromatic nitrogens is 3. The second-order valence-corrected chi connectivity index (χ2v) is 8.87. The molecule has 0 saturated heterocycles. The molecular formula is C16H14BrN3O2S2. The highest BCUT2D eigenvalue weighted by Crippen LogP contribution is 2.29. The lowest BCUT2D eigenvalue weighted by Crippen LogP contribution is -2.15. The lowest BCUT2D eigenvalue weighted by molar-refractivity contribution is 0.583. The highest BCUT2D eigenvalue weighted by Gasteiger charge is 2.27. The minimum Gasteiger partial charge on any atom is -0.279 e. The summed E-state index contributed by atoms with van der Waals surface area (Å²) in [6.07, 6.45) is 4.24. The predicted molar refractivity (Wildman–Crippen MR) is 99.8 cm³/mol. The Morgan fingerprint density at radius 1 is 1.29 bits per heavy atom. The van der Waals surface area contributed by atoms with E-state index in [1.165, 1.54) is 15.3 Å². The van der Waals surface area contributed by atoms with Gasteiger partial charge in [-0.25, -0.2) is 8.96 Å². The first-order valence-corrected chi connectivity index (χ1v) is 10.8. The first kappa shape index (κ1) is 15.9. The van der Waals surface area contributed by atoms with E-state index in [1.807, 2.05) is 29.6 Å². The SMILES string of the molecule is Cc1nc2sccn2c1S(=O)(=O)n1cc(CCBr)c2ccccc21. The first-order valence-electron chi connectivity index (χ1n) is 7.36. The Hall–Kier alpha value is -1.64. The maximum absolute atomic E-state index is 13.4. The molecule has 124 valence electrons. The van der Waals surface area contributed by atoms with E-state index in [2.05, 4.69) is 20.9 Å². The zero-order valence-electron chi connectivity index (χ0n) is 12.8. The Morgan fingerprint density at radius 2 is 2.08 bits per heavy atom. The van der Waals surface area contributed by atoms with Gasteiger partial charge in [0.1, 0.15) is 0 Å². The van der Waals surface area contributed by atoms with E-state index in [9.17, 15) is 8.42 Å². The molecule has 0 saturated carbocycles. The van der Waals surface area contributed by atoms with Gasteiger partial charge in [-0.2, -0.15) is 8.42 Å². The second kappa shape index (κ2) is 5.72. The number of benzene rings is 1. The van der Waals surface area contributed by atoms with Crippen LogP contribution in [0.25, 0.3) is 15.9 Å². The molecular weight excluding hydrogens is 410 g/mol. The Kier molecular flexibility index (Phi) is 3.78. The molecule has 4 rings (SSSR count). The molecule has 3 heterocycles. The summed E-state index contributed by atoms with van der Waals surface area (Å²) in [6.45, 7) is 1.73. The number of rotatable bonds is 4. The number of hydrogen-bond donors (Lipinski definition) is 0. The van der Waals surface area contributed by atoms with E-state index in [1.54, 1.807) is 23.7 Å². The molecule has 0 amide bonds. The maximum atomic E-state index is 13.4. The van der Waals surface area contributed by atoms with Crippen LogP contribution >= 0.6 is 27.3 Å². The Labute approximate surface area is 151 Å². The van der Waals surface area contributed by atoms with Crippen LogP contribution in [0.2, 0.25) is 0 Å². The Morgan fingerprint density at radius 3 is 2.88 bits per heavy atom. The summed E-state index contributed by atoms with van der Waals surface area (Å²) in [6, 6.07) is 7.59. The van der Waals surface area contributed by atoms with Gasteiger partial charge in [0.2, 0.25) is 0 Å². The smallest absolute Gasteiger partial charge is 0.279 e. The molecule has 8 heteroatoms. The average molecular weight is 424 g/mol. The summed E-state index contributed by atoms with van der Waals surface area (Å²) in [5.41, 5.74) is 2.22. The van der Waals surface area contributed by atoms with Crippen molar-refractivity contribution in [3.05, 3.63) is 53.3 Å². The molecule has 24 heavy (non-hydrogen) atoms. The number of thiazole rings is 1. The molecule has 5 nitrogen and oxygen atoms in total. The molecule has 0 fully saturated rings. The van der Waals surface area contributed by atoms with Gasteiger partial charge in [0.05, 0.1) is 11.2 Å². The van der Waals surface area contributed by atoms with Crippen LogP contribution in [0.5, 0.6) is 0 Å². The van der Waals surface area contributed by atoms with Crippen LogP contribution in [-0.4, -0.2) is 27.1 Å². The molecule has 1 aromatic carbocycles. The van der Waals surface area contributed by atoms with E-state index in [-0.39, 0.29) is 5.03 Å². The first-order chi connectivity index (χ1) is 11.5. The fourth-order valence-corrected chi connectivity index (χ4v) is 5.92. The molecule has 0 spiro atoms. The fourth-order valence-electron chi connectivity index (χ4n) is 3.00. The summed E-state index contributed by atoms with van der Waals surface area (Å²) in [5, 5.41) is 3.81. The van der Waals surface area contributed by atoms with Crippen LogP contribution in [0.15, 0.2) is 47.1 Å². The van der Waals surface area contributed by atoms with Crippen molar-refractivity contribution in [2.75, 3.05) is 5.33 Å². The lowest BCUT2D eigenvalue weighted by Gasteiger charge is -2.07. The number of fused-ring (bicyclic) bond motifs is 2. The molecule has 4 aromatic rings. The van der Waals surface area contributed by atoms with Crippen LogP contribution < -0.4 is 0 Å². The van der Waals surface area contributed by atoms with Gasteiger partial charge >= 0.3 is 0 Å². The van der Waals surface area contributed by atoms with Crippen LogP contribution in [0.1, 0.15) is 11.3 Å². The normalized spacial score (nSPS) is 12.4. The van der Waals surface area contributed by atoms with E-state index >= 15 is 0 Å². The molecule has 0 aliphatic heterocycles. The highest BCUT2D eigenvalue weighted by molar-refractivity contribution is 9.09. The van der Waals surface area contributed by atoms with Crippen molar-refractivity contribution in [3.63, 3.8) is 0 Å². The second-order valence-electron chi connectivity index (χ2n) is 5.47. The summed E-state index contributed by atoms with van der Waals surface area (Å²) in [5.74, 6) is 0. The van der Waals surface area contributed by atoms with Crippen molar-refractivity contribution < 1.29 is 8.42 Å². The number of imidazole rings is 1. The topological polar surface area (TPSA) is 56.4 Å². The van der Waals surface area contributed by atoms with Crippen molar-refractivity contribution in [3.8, 4) is 0 Å².